The Morgan fingerprint density at radius 3 is 2.50 bits per heavy atom. The van der Waals surface area contributed by atoms with Crippen LogP contribution in [0.1, 0.15) is 18.4 Å². The number of nitrogens with one attached hydrogen (secondary N) is 1. The van der Waals surface area contributed by atoms with E-state index < -0.39 is 21.8 Å². The van der Waals surface area contributed by atoms with Crippen LogP contribution in [0.25, 0.3) is 0 Å². The number of carbonyl (C=O) groups excluding carboxylic acids is 1. The lowest BCUT2D eigenvalue weighted by Crippen LogP contribution is -2.45. The van der Waals surface area contributed by atoms with Gasteiger partial charge in [-0.3, -0.25) is 4.79 Å². The third-order valence-electron chi connectivity index (χ3n) is 4.86. The number of piperidine rings is 1. The van der Waals surface area contributed by atoms with Crippen LogP contribution < -0.4 is 5.32 Å². The number of carbonyl (C=O) groups is 1. The molecule has 0 aromatic heterocycles. The van der Waals surface area contributed by atoms with Crippen LogP contribution in [0.15, 0.2) is 53.4 Å². The summed E-state index contributed by atoms with van der Waals surface area (Å²) in [6, 6.07) is 11.5. The summed E-state index contributed by atoms with van der Waals surface area (Å²) in [6.45, 7) is 0.895. The van der Waals surface area contributed by atoms with Crippen LogP contribution >= 0.6 is 0 Å². The fourth-order valence-electron chi connectivity index (χ4n) is 3.27. The number of phenolic OH excluding ortho intramolecular Hbond substituents is 1. The molecule has 28 heavy (non-hydrogen) atoms. The van der Waals surface area contributed by atoms with Crippen LogP contribution in [0.5, 0.6) is 5.75 Å². The quantitative estimate of drug-likeness (QED) is 0.771. The van der Waals surface area contributed by atoms with Gasteiger partial charge in [0.25, 0.3) is 0 Å². The second-order valence-corrected chi connectivity index (χ2v) is 8.80. The van der Waals surface area contributed by atoms with Crippen molar-refractivity contribution in [3.05, 3.63) is 59.9 Å². The molecule has 2 aromatic carbocycles. The molecule has 0 radical (unpaired) electrons. The van der Waals surface area contributed by atoms with Crippen LogP contribution in [0.3, 0.4) is 0 Å². The highest BCUT2D eigenvalue weighted by Crippen LogP contribution is 2.24. The van der Waals surface area contributed by atoms with Gasteiger partial charge in [-0.25, -0.2) is 12.8 Å². The summed E-state index contributed by atoms with van der Waals surface area (Å²) in [5.41, 5.74) is 0.988. The van der Waals surface area contributed by atoms with E-state index in [0.29, 0.717) is 32.4 Å². The van der Waals surface area contributed by atoms with E-state index in [1.807, 2.05) is 0 Å². The fraction of sp³-hybridized carbons (Fsp3) is 0.350. The van der Waals surface area contributed by atoms with Crippen LogP contribution in [-0.2, 0) is 21.2 Å². The van der Waals surface area contributed by atoms with Gasteiger partial charge in [-0.2, -0.15) is 4.31 Å². The highest BCUT2D eigenvalue weighted by molar-refractivity contribution is 7.89. The van der Waals surface area contributed by atoms with Crippen molar-refractivity contribution in [2.24, 2.45) is 5.92 Å². The zero-order valence-electron chi connectivity index (χ0n) is 15.3. The molecule has 1 amide bonds. The Morgan fingerprint density at radius 1 is 1.14 bits per heavy atom. The maximum absolute atomic E-state index is 13.1. The number of aromatic hydroxyl groups is 1. The lowest BCUT2D eigenvalue weighted by molar-refractivity contribution is -0.126. The van der Waals surface area contributed by atoms with E-state index in [0.717, 1.165) is 17.7 Å². The second-order valence-electron chi connectivity index (χ2n) is 6.86. The average molecular weight is 406 g/mol. The summed E-state index contributed by atoms with van der Waals surface area (Å²) in [7, 11) is -3.75. The molecular weight excluding hydrogens is 383 g/mol. The minimum Gasteiger partial charge on any atom is -0.508 e. The molecule has 0 bridgehead atoms. The topological polar surface area (TPSA) is 86.7 Å². The molecule has 1 saturated heterocycles. The van der Waals surface area contributed by atoms with Crippen LogP contribution in [0.4, 0.5) is 4.39 Å². The fourth-order valence-corrected chi connectivity index (χ4v) is 4.79. The number of sulfonamides is 1. The number of phenols is 1. The van der Waals surface area contributed by atoms with Crippen molar-refractivity contribution < 1.29 is 22.7 Å². The normalized spacial score (nSPS) is 18.0. The van der Waals surface area contributed by atoms with Crippen molar-refractivity contribution in [3.63, 3.8) is 0 Å². The number of hydrogen-bond acceptors (Lipinski definition) is 4. The first-order valence-corrected chi connectivity index (χ1v) is 10.6. The Bertz CT molecular complexity index is 914. The van der Waals surface area contributed by atoms with Crippen LogP contribution in [0.2, 0.25) is 0 Å². The van der Waals surface area contributed by atoms with Gasteiger partial charge in [0.2, 0.25) is 15.9 Å². The second kappa shape index (κ2) is 8.70. The van der Waals surface area contributed by atoms with Gasteiger partial charge in [-0.1, -0.05) is 12.1 Å². The molecule has 0 aliphatic carbocycles. The molecule has 1 aliphatic rings. The van der Waals surface area contributed by atoms with Gasteiger partial charge in [0.05, 0.1) is 10.8 Å². The number of amides is 1. The molecule has 150 valence electrons. The van der Waals surface area contributed by atoms with Gasteiger partial charge in [-0.05, 0) is 61.2 Å². The van der Waals surface area contributed by atoms with E-state index in [1.165, 1.54) is 16.4 Å². The van der Waals surface area contributed by atoms with E-state index in [1.54, 1.807) is 24.3 Å². The Labute approximate surface area is 164 Å². The van der Waals surface area contributed by atoms with Gasteiger partial charge in [0, 0.05) is 19.6 Å². The molecule has 2 N–H and O–H groups in total. The lowest BCUT2D eigenvalue weighted by atomic mass is 9.99. The first kappa shape index (κ1) is 20.3. The van der Waals surface area contributed by atoms with Crippen molar-refractivity contribution in [2.75, 3.05) is 19.6 Å². The molecule has 1 aliphatic heterocycles. The third-order valence-corrected chi connectivity index (χ3v) is 6.73. The first-order chi connectivity index (χ1) is 13.4. The van der Waals surface area contributed by atoms with Gasteiger partial charge in [-0.15, -0.1) is 0 Å². The summed E-state index contributed by atoms with van der Waals surface area (Å²) < 4.78 is 39.9. The molecule has 0 spiro atoms. The van der Waals surface area contributed by atoms with Gasteiger partial charge in [0.15, 0.2) is 0 Å². The Kier molecular flexibility index (Phi) is 6.31. The summed E-state index contributed by atoms with van der Waals surface area (Å²) in [4.78, 5) is 12.5. The van der Waals surface area contributed by atoms with Gasteiger partial charge < -0.3 is 10.4 Å². The summed E-state index contributed by atoms with van der Waals surface area (Å²) in [6.07, 6.45) is 1.84. The number of nitrogens with zero attached hydrogens (tertiary/aromatic N) is 1. The molecule has 1 unspecified atom stereocenters. The number of halogens is 1. The van der Waals surface area contributed by atoms with E-state index >= 15 is 0 Å². The molecule has 6 nitrogen and oxygen atoms in total. The Morgan fingerprint density at radius 2 is 1.82 bits per heavy atom. The maximum Gasteiger partial charge on any atom is 0.243 e. The smallest absolute Gasteiger partial charge is 0.243 e. The highest BCUT2D eigenvalue weighted by Gasteiger charge is 2.33. The Balaban J connectivity index is 1.57. The molecule has 1 fully saturated rings. The van der Waals surface area contributed by atoms with Crippen molar-refractivity contribution >= 4 is 15.9 Å². The van der Waals surface area contributed by atoms with Crippen molar-refractivity contribution in [3.8, 4) is 5.75 Å². The van der Waals surface area contributed by atoms with Gasteiger partial charge in [0.1, 0.15) is 11.6 Å². The SMILES string of the molecule is O=C(NCCc1ccc(O)cc1)C1CCCN(S(=O)(=O)c2ccc(F)cc2)C1. The zero-order valence-corrected chi connectivity index (χ0v) is 16.2. The maximum atomic E-state index is 13.1. The molecule has 0 saturated carbocycles. The standard InChI is InChI=1S/C20H23FN2O4S/c21-17-5-9-19(10-6-17)28(26,27)23-13-1-2-16(14-23)20(25)22-12-11-15-3-7-18(24)8-4-15/h3-10,16,24H,1-2,11-14H2,(H,22,25). The molecular formula is C20H23FN2O4S. The zero-order chi connectivity index (χ0) is 20.1. The van der Waals surface area contributed by atoms with Crippen molar-refractivity contribution in [1.82, 2.24) is 9.62 Å². The summed E-state index contributed by atoms with van der Waals surface area (Å²) >= 11 is 0. The van der Waals surface area contributed by atoms with E-state index in [-0.39, 0.29) is 23.1 Å². The van der Waals surface area contributed by atoms with E-state index in [9.17, 15) is 22.7 Å². The summed E-state index contributed by atoms with van der Waals surface area (Å²) in [5.74, 6) is -0.887. The first-order valence-electron chi connectivity index (χ1n) is 9.17. The molecule has 1 atom stereocenters. The van der Waals surface area contributed by atoms with Crippen molar-refractivity contribution in [2.45, 2.75) is 24.2 Å². The molecule has 1 heterocycles. The molecule has 3 rings (SSSR count). The average Bonchev–Trinajstić information content (AvgIpc) is 2.70. The summed E-state index contributed by atoms with van der Waals surface area (Å²) in [5, 5.41) is 12.1. The minimum absolute atomic E-state index is 0.0299. The third kappa shape index (κ3) is 4.88. The lowest BCUT2D eigenvalue weighted by Gasteiger charge is -2.31. The number of benzene rings is 2. The van der Waals surface area contributed by atoms with Crippen LogP contribution in [0, 0.1) is 11.7 Å². The van der Waals surface area contributed by atoms with E-state index in [4.69, 9.17) is 0 Å². The minimum atomic E-state index is -3.75. The number of hydrogen-bond donors (Lipinski definition) is 2. The Hall–Kier alpha value is -2.45. The van der Waals surface area contributed by atoms with E-state index in [2.05, 4.69) is 5.32 Å². The monoisotopic (exact) mass is 406 g/mol. The molecule has 8 heteroatoms. The predicted molar refractivity (Wildman–Crippen MR) is 103 cm³/mol. The predicted octanol–water partition coefficient (Wildman–Crippen LogP) is 2.29. The highest BCUT2D eigenvalue weighted by atomic mass is 32.2. The largest absolute Gasteiger partial charge is 0.508 e. The number of rotatable bonds is 6. The van der Waals surface area contributed by atoms with Gasteiger partial charge >= 0.3 is 0 Å². The van der Waals surface area contributed by atoms with Crippen LogP contribution in [-0.4, -0.2) is 43.4 Å². The molecule has 2 aromatic rings. The van der Waals surface area contributed by atoms with Crippen molar-refractivity contribution in [1.29, 1.82) is 0 Å².